The molecule has 2 N–H and O–H groups in total. The van der Waals surface area contributed by atoms with E-state index in [1.54, 1.807) is 10.7 Å². The summed E-state index contributed by atoms with van der Waals surface area (Å²) < 4.78 is 7.98. The molecule has 6 aliphatic rings. The number of ether oxygens (including phenoxy) is 1. The Bertz CT molecular complexity index is 1570. The number of rotatable bonds is 8. The summed E-state index contributed by atoms with van der Waals surface area (Å²) in [6.45, 7) is 7.47. The van der Waals surface area contributed by atoms with Crippen molar-refractivity contribution in [2.24, 2.45) is 5.41 Å². The Hall–Kier alpha value is -3.72. The Morgan fingerprint density at radius 3 is 2.77 bits per heavy atom. The van der Waals surface area contributed by atoms with Crippen LogP contribution in [0, 0.1) is 16.7 Å². The molecule has 1 spiro atoms. The summed E-state index contributed by atoms with van der Waals surface area (Å²) in [5.41, 5.74) is 2.69. The Labute approximate surface area is 251 Å². The number of pyridine rings is 2. The van der Waals surface area contributed by atoms with Gasteiger partial charge in [-0.1, -0.05) is 0 Å². The average molecular weight is 583 g/mol. The highest BCUT2D eigenvalue weighted by Crippen LogP contribution is 2.42. The van der Waals surface area contributed by atoms with E-state index < -0.39 is 5.60 Å². The quantitative estimate of drug-likeness (QED) is 0.411. The van der Waals surface area contributed by atoms with Gasteiger partial charge >= 0.3 is 0 Å². The van der Waals surface area contributed by atoms with Gasteiger partial charge in [0, 0.05) is 50.0 Å². The van der Waals surface area contributed by atoms with Crippen LogP contribution in [0.25, 0.3) is 16.6 Å². The summed E-state index contributed by atoms with van der Waals surface area (Å²) in [4.78, 5) is 24.3. The topological polar surface area (TPSA) is 122 Å². The third-order valence-electron chi connectivity index (χ3n) is 10.4. The highest BCUT2D eigenvalue weighted by atomic mass is 16.5. The maximum absolute atomic E-state index is 12.8. The van der Waals surface area contributed by atoms with E-state index in [1.807, 2.05) is 35.5 Å². The smallest absolute Gasteiger partial charge is 0.226 e. The largest absolute Gasteiger partial charge is 0.491 e. The first-order valence-corrected chi connectivity index (χ1v) is 15.6. The molecule has 8 heterocycles. The Kier molecular flexibility index (Phi) is 6.36. The number of hydrogen-bond acceptors (Lipinski definition) is 9. The number of likely N-dealkylation sites (tertiary alicyclic amines) is 1. The molecule has 11 nitrogen and oxygen atoms in total. The summed E-state index contributed by atoms with van der Waals surface area (Å²) in [5.74, 6) is 1.68. The van der Waals surface area contributed by atoms with Gasteiger partial charge in [-0.15, -0.1) is 0 Å². The second-order valence-corrected chi connectivity index (χ2v) is 13.4. The fourth-order valence-corrected chi connectivity index (χ4v) is 7.76. The van der Waals surface area contributed by atoms with Crippen LogP contribution in [0.5, 0.6) is 5.75 Å². The van der Waals surface area contributed by atoms with Crippen LogP contribution in [-0.4, -0.2) is 106 Å². The predicted molar refractivity (Wildman–Crippen MR) is 160 cm³/mol. The first-order chi connectivity index (χ1) is 20.9. The maximum Gasteiger partial charge on any atom is 0.226 e. The monoisotopic (exact) mass is 582 g/mol. The molecule has 1 amide bonds. The van der Waals surface area contributed by atoms with Gasteiger partial charge in [0.05, 0.1) is 47.6 Å². The molecule has 3 aromatic rings. The molecule has 3 aromatic heterocycles. The van der Waals surface area contributed by atoms with Crippen molar-refractivity contribution in [3.8, 4) is 22.9 Å². The Morgan fingerprint density at radius 1 is 1.19 bits per heavy atom. The first kappa shape index (κ1) is 26.9. The average Bonchev–Trinajstić information content (AvgIpc) is 3.37. The third kappa shape index (κ3) is 4.91. The van der Waals surface area contributed by atoms with Crippen molar-refractivity contribution >= 4 is 17.2 Å². The normalized spacial score (nSPS) is 27.4. The second-order valence-electron chi connectivity index (χ2n) is 13.4. The van der Waals surface area contributed by atoms with E-state index in [2.05, 4.69) is 26.3 Å². The van der Waals surface area contributed by atoms with Crippen LogP contribution < -0.4 is 15.0 Å². The second kappa shape index (κ2) is 10.2. The van der Waals surface area contributed by atoms with E-state index in [9.17, 15) is 15.2 Å². The predicted octanol–water partition coefficient (Wildman–Crippen LogP) is 2.04. The standard InChI is InChI=1S/C32H38N8O3/c33-14-23-16-36-39-19-26(43-10-9-37-8-6-31(21-37)5-7-34-20-31)12-27(30(23)39)22-1-2-28(35-15-22)38-17-24-11-25(18-38)40(24)29(41)13-32(42)3-4-32/h1-2,12,15-16,19,24-25,34,42H,3-11,13,17-18,20-21H2. The number of piperidine rings is 1. The highest BCUT2D eigenvalue weighted by molar-refractivity contribution is 5.85. The van der Waals surface area contributed by atoms with Crippen LogP contribution in [0.15, 0.2) is 36.8 Å². The number of anilines is 1. The van der Waals surface area contributed by atoms with Crippen molar-refractivity contribution in [3.05, 3.63) is 42.4 Å². The molecule has 5 aliphatic heterocycles. The van der Waals surface area contributed by atoms with Crippen LogP contribution in [-0.2, 0) is 4.79 Å². The molecule has 5 saturated heterocycles. The van der Waals surface area contributed by atoms with Crippen LogP contribution in [0.3, 0.4) is 0 Å². The fraction of sp³-hybridized carbons (Fsp3) is 0.562. The number of nitrogens with zero attached hydrogens (tertiary/aromatic N) is 7. The number of fused-ring (bicyclic) bond motifs is 3. The Morgan fingerprint density at radius 2 is 2.05 bits per heavy atom. The first-order valence-electron chi connectivity index (χ1n) is 15.6. The van der Waals surface area contributed by atoms with Gasteiger partial charge in [0.25, 0.3) is 0 Å². The van der Waals surface area contributed by atoms with Crippen LogP contribution in [0.4, 0.5) is 5.82 Å². The van der Waals surface area contributed by atoms with Crippen molar-refractivity contribution in [2.75, 3.05) is 57.3 Å². The van der Waals surface area contributed by atoms with E-state index in [4.69, 9.17) is 9.72 Å². The van der Waals surface area contributed by atoms with Crippen LogP contribution in [0.1, 0.15) is 44.1 Å². The minimum atomic E-state index is -0.753. The molecule has 6 fully saturated rings. The lowest BCUT2D eigenvalue weighted by Gasteiger charge is -2.56. The molecule has 11 heteroatoms. The van der Waals surface area contributed by atoms with Gasteiger partial charge in [0.2, 0.25) is 5.91 Å². The SMILES string of the molecule is N#Cc1cnn2cc(OCCN3CCC4(CCNC4)C3)cc(-c3ccc(N4CC5CC(C4)N5C(=O)CC4(O)CC4)nc3)c12. The van der Waals surface area contributed by atoms with Crippen molar-refractivity contribution in [1.29, 1.82) is 5.26 Å². The summed E-state index contributed by atoms with van der Waals surface area (Å²) in [6, 6.07) is 8.68. The zero-order valence-corrected chi connectivity index (χ0v) is 24.4. The summed E-state index contributed by atoms with van der Waals surface area (Å²) in [6.07, 6.45) is 10.5. The molecule has 3 atom stereocenters. The lowest BCUT2D eigenvalue weighted by molar-refractivity contribution is -0.148. The van der Waals surface area contributed by atoms with Gasteiger partial charge in [-0.3, -0.25) is 9.69 Å². The molecular weight excluding hydrogens is 544 g/mol. The number of carbonyl (C=O) groups is 1. The lowest BCUT2D eigenvalue weighted by Crippen LogP contribution is -2.70. The van der Waals surface area contributed by atoms with Crippen molar-refractivity contribution < 1.29 is 14.6 Å². The van der Waals surface area contributed by atoms with E-state index in [1.165, 1.54) is 12.8 Å². The van der Waals surface area contributed by atoms with Gasteiger partial charge in [0.15, 0.2) is 0 Å². The van der Waals surface area contributed by atoms with Crippen molar-refractivity contribution in [3.63, 3.8) is 0 Å². The van der Waals surface area contributed by atoms with Gasteiger partial charge in [-0.05, 0) is 68.8 Å². The molecule has 1 saturated carbocycles. The minimum absolute atomic E-state index is 0.0832. The number of carbonyl (C=O) groups excluding carboxylic acids is 1. The zero-order valence-electron chi connectivity index (χ0n) is 24.4. The lowest BCUT2D eigenvalue weighted by atomic mass is 9.86. The van der Waals surface area contributed by atoms with E-state index in [0.717, 1.165) is 87.5 Å². The van der Waals surface area contributed by atoms with Crippen molar-refractivity contribution in [2.45, 2.75) is 56.2 Å². The van der Waals surface area contributed by atoms with E-state index >= 15 is 0 Å². The van der Waals surface area contributed by atoms with Crippen LogP contribution >= 0.6 is 0 Å². The van der Waals surface area contributed by atoms with Crippen LogP contribution in [0.2, 0.25) is 0 Å². The molecular formula is C32H38N8O3. The highest BCUT2D eigenvalue weighted by Gasteiger charge is 2.51. The molecule has 1 aliphatic carbocycles. The molecule has 3 unspecified atom stereocenters. The van der Waals surface area contributed by atoms with Gasteiger partial charge in [-0.25, -0.2) is 9.50 Å². The van der Waals surface area contributed by atoms with Gasteiger partial charge in [0.1, 0.15) is 24.2 Å². The maximum atomic E-state index is 12.8. The van der Waals surface area contributed by atoms with Gasteiger partial charge in [-0.2, -0.15) is 10.4 Å². The number of aromatic nitrogens is 3. The summed E-state index contributed by atoms with van der Waals surface area (Å²) in [7, 11) is 0. The summed E-state index contributed by atoms with van der Waals surface area (Å²) in [5, 5.41) is 27.9. The van der Waals surface area contributed by atoms with Gasteiger partial charge < -0.3 is 25.0 Å². The molecule has 9 rings (SSSR count). The number of piperazine rings is 1. The number of aliphatic hydroxyl groups is 1. The fourth-order valence-electron chi connectivity index (χ4n) is 7.76. The zero-order chi connectivity index (χ0) is 29.2. The number of nitriles is 1. The minimum Gasteiger partial charge on any atom is -0.491 e. The van der Waals surface area contributed by atoms with Crippen molar-refractivity contribution in [1.82, 2.24) is 29.7 Å². The molecule has 224 valence electrons. The number of nitrogens with one attached hydrogen (secondary N) is 1. The molecule has 2 bridgehead atoms. The third-order valence-corrected chi connectivity index (χ3v) is 10.4. The van der Waals surface area contributed by atoms with E-state index in [0.29, 0.717) is 23.3 Å². The summed E-state index contributed by atoms with van der Waals surface area (Å²) >= 11 is 0. The number of hydrogen-bond donors (Lipinski definition) is 2. The van der Waals surface area contributed by atoms with E-state index in [-0.39, 0.29) is 24.4 Å². The Balaban J connectivity index is 0.959. The molecule has 0 aromatic carbocycles. The molecule has 43 heavy (non-hydrogen) atoms. The molecule has 0 radical (unpaired) electrons. The number of amides is 1.